The first-order valence-electron chi connectivity index (χ1n) is 4.82. The van der Waals surface area contributed by atoms with E-state index >= 15 is 0 Å². The average Bonchev–Trinajstić information content (AvgIpc) is 2.36. The van der Waals surface area contributed by atoms with Crippen LogP contribution in [0.1, 0.15) is 17.5 Å². The average molecular weight is 270 g/mol. The van der Waals surface area contributed by atoms with E-state index in [0.717, 1.165) is 27.0 Å². The van der Waals surface area contributed by atoms with Gasteiger partial charge in [0.2, 0.25) is 5.91 Å². The monoisotopic (exact) mass is 269 g/mol. The summed E-state index contributed by atoms with van der Waals surface area (Å²) < 4.78 is 6.57. The Morgan fingerprint density at radius 3 is 2.87 bits per heavy atom. The molecule has 0 atom stereocenters. The lowest BCUT2D eigenvalue weighted by molar-refractivity contribution is -0.116. The molecule has 0 aliphatic carbocycles. The summed E-state index contributed by atoms with van der Waals surface area (Å²) in [6.07, 6.45) is 0.408. The van der Waals surface area contributed by atoms with Crippen LogP contribution in [-0.4, -0.2) is 12.5 Å². The molecule has 4 heteroatoms. The lowest BCUT2D eigenvalue weighted by Crippen LogP contribution is -2.10. The van der Waals surface area contributed by atoms with Gasteiger partial charge in [-0.25, -0.2) is 0 Å². The van der Waals surface area contributed by atoms with Crippen LogP contribution in [0.2, 0.25) is 0 Å². The van der Waals surface area contributed by atoms with E-state index in [1.807, 2.05) is 19.9 Å². The molecule has 0 fully saturated rings. The van der Waals surface area contributed by atoms with Crippen molar-refractivity contribution in [2.75, 3.05) is 11.9 Å². The van der Waals surface area contributed by atoms with Crippen molar-refractivity contribution < 1.29 is 9.53 Å². The number of halogens is 1. The second-order valence-corrected chi connectivity index (χ2v) is 4.49. The number of carbonyl (C=O) groups excluding carboxylic acids is 1. The van der Waals surface area contributed by atoms with Crippen molar-refractivity contribution in [3.63, 3.8) is 0 Å². The van der Waals surface area contributed by atoms with E-state index < -0.39 is 0 Å². The Hall–Kier alpha value is -1.03. The standard InChI is InChI=1S/C11H12BrNO2/c1-6-7(2)11-9(5-8(6)12)13-10(14)3-4-15-11/h5H,3-4H2,1-2H3,(H,13,14). The minimum absolute atomic E-state index is 0.00361. The van der Waals surface area contributed by atoms with Crippen molar-refractivity contribution in [1.29, 1.82) is 0 Å². The van der Waals surface area contributed by atoms with Crippen molar-refractivity contribution >= 4 is 27.5 Å². The van der Waals surface area contributed by atoms with Crippen LogP contribution in [0, 0.1) is 13.8 Å². The molecule has 1 amide bonds. The van der Waals surface area contributed by atoms with Gasteiger partial charge in [0.15, 0.2) is 0 Å². The Morgan fingerprint density at radius 2 is 2.13 bits per heavy atom. The fourth-order valence-corrected chi connectivity index (χ4v) is 2.12. The molecular weight excluding hydrogens is 258 g/mol. The molecule has 1 N–H and O–H groups in total. The van der Waals surface area contributed by atoms with Gasteiger partial charge in [0.25, 0.3) is 0 Å². The van der Waals surface area contributed by atoms with Crippen molar-refractivity contribution in [3.05, 3.63) is 21.7 Å². The van der Waals surface area contributed by atoms with E-state index in [1.54, 1.807) is 0 Å². The Morgan fingerprint density at radius 1 is 1.40 bits per heavy atom. The maximum absolute atomic E-state index is 11.3. The highest BCUT2D eigenvalue weighted by Crippen LogP contribution is 2.37. The molecule has 0 spiro atoms. The number of ether oxygens (including phenoxy) is 1. The molecule has 1 aromatic carbocycles. The Bertz CT molecular complexity index is 429. The van der Waals surface area contributed by atoms with Gasteiger partial charge in [0.1, 0.15) is 5.75 Å². The number of carbonyl (C=O) groups is 1. The number of hydrogen-bond acceptors (Lipinski definition) is 2. The highest BCUT2D eigenvalue weighted by Gasteiger charge is 2.18. The number of rotatable bonds is 0. The van der Waals surface area contributed by atoms with E-state index in [4.69, 9.17) is 4.74 Å². The summed E-state index contributed by atoms with van der Waals surface area (Å²) in [5.74, 6) is 0.797. The summed E-state index contributed by atoms with van der Waals surface area (Å²) in [7, 11) is 0. The van der Waals surface area contributed by atoms with Gasteiger partial charge in [-0.3, -0.25) is 4.79 Å². The Labute approximate surface area is 96.9 Å². The van der Waals surface area contributed by atoms with E-state index in [2.05, 4.69) is 21.2 Å². The number of amides is 1. The summed E-state index contributed by atoms with van der Waals surface area (Å²) in [5, 5.41) is 2.84. The van der Waals surface area contributed by atoms with Crippen molar-refractivity contribution in [2.45, 2.75) is 20.3 Å². The number of hydrogen-bond donors (Lipinski definition) is 1. The summed E-state index contributed by atoms with van der Waals surface area (Å²) in [6, 6.07) is 1.89. The maximum Gasteiger partial charge on any atom is 0.227 e. The first-order chi connectivity index (χ1) is 7.09. The summed E-state index contributed by atoms with van der Waals surface area (Å²) in [4.78, 5) is 11.3. The first-order valence-corrected chi connectivity index (χ1v) is 5.61. The van der Waals surface area contributed by atoms with E-state index in [1.165, 1.54) is 0 Å². The molecule has 1 aliphatic heterocycles. The minimum Gasteiger partial charge on any atom is -0.491 e. The normalized spacial score (nSPS) is 15.0. The minimum atomic E-state index is 0.00361. The Kier molecular flexibility index (Phi) is 2.69. The fraction of sp³-hybridized carbons (Fsp3) is 0.364. The molecule has 3 nitrogen and oxygen atoms in total. The van der Waals surface area contributed by atoms with Gasteiger partial charge in [-0.05, 0) is 31.0 Å². The quantitative estimate of drug-likeness (QED) is 0.787. The molecule has 1 aromatic rings. The summed E-state index contributed by atoms with van der Waals surface area (Å²) in [5.41, 5.74) is 2.97. The van der Waals surface area contributed by atoms with Crippen molar-refractivity contribution in [2.24, 2.45) is 0 Å². The van der Waals surface area contributed by atoms with Gasteiger partial charge in [-0.15, -0.1) is 0 Å². The van der Waals surface area contributed by atoms with Gasteiger partial charge in [0, 0.05) is 4.47 Å². The predicted octanol–water partition coefficient (Wildman–Crippen LogP) is 2.79. The van der Waals surface area contributed by atoms with Gasteiger partial charge in [0.05, 0.1) is 18.7 Å². The fourth-order valence-electron chi connectivity index (χ4n) is 1.59. The number of benzene rings is 1. The zero-order valence-corrected chi connectivity index (χ0v) is 10.3. The van der Waals surface area contributed by atoms with Crippen LogP contribution >= 0.6 is 15.9 Å². The van der Waals surface area contributed by atoms with Crippen LogP contribution in [0.15, 0.2) is 10.5 Å². The molecular formula is C11H12BrNO2. The van der Waals surface area contributed by atoms with Crippen LogP contribution in [0.5, 0.6) is 5.75 Å². The third-order valence-corrected chi connectivity index (χ3v) is 3.45. The second-order valence-electron chi connectivity index (χ2n) is 3.63. The molecule has 0 bridgehead atoms. The molecule has 0 radical (unpaired) electrons. The van der Waals surface area contributed by atoms with Gasteiger partial charge in [-0.2, -0.15) is 0 Å². The molecule has 0 unspecified atom stereocenters. The molecule has 15 heavy (non-hydrogen) atoms. The third kappa shape index (κ3) is 1.86. The predicted molar refractivity (Wildman–Crippen MR) is 62.4 cm³/mol. The zero-order chi connectivity index (χ0) is 11.0. The lowest BCUT2D eigenvalue weighted by Gasteiger charge is -2.13. The highest BCUT2D eigenvalue weighted by molar-refractivity contribution is 9.10. The van der Waals surface area contributed by atoms with Crippen LogP contribution in [0.25, 0.3) is 0 Å². The highest BCUT2D eigenvalue weighted by atomic mass is 79.9. The van der Waals surface area contributed by atoms with Crippen molar-refractivity contribution in [3.8, 4) is 5.75 Å². The molecule has 80 valence electrons. The lowest BCUT2D eigenvalue weighted by atomic mass is 10.1. The van der Waals surface area contributed by atoms with Crippen LogP contribution in [-0.2, 0) is 4.79 Å². The maximum atomic E-state index is 11.3. The number of nitrogens with one attached hydrogen (secondary N) is 1. The van der Waals surface area contributed by atoms with Crippen molar-refractivity contribution in [1.82, 2.24) is 0 Å². The van der Waals surface area contributed by atoms with E-state index in [-0.39, 0.29) is 5.91 Å². The van der Waals surface area contributed by atoms with Gasteiger partial charge in [-0.1, -0.05) is 15.9 Å². The second kappa shape index (κ2) is 3.85. The molecule has 1 aliphatic rings. The topological polar surface area (TPSA) is 38.3 Å². The first kappa shape index (κ1) is 10.5. The molecule has 2 rings (SSSR count). The number of anilines is 1. The van der Waals surface area contributed by atoms with Crippen LogP contribution in [0.4, 0.5) is 5.69 Å². The molecule has 0 saturated heterocycles. The SMILES string of the molecule is Cc1c(Br)cc2c(c1C)OCCC(=O)N2. The van der Waals surface area contributed by atoms with Crippen LogP contribution in [0.3, 0.4) is 0 Å². The zero-order valence-electron chi connectivity index (χ0n) is 8.69. The largest absolute Gasteiger partial charge is 0.491 e. The van der Waals surface area contributed by atoms with Gasteiger partial charge >= 0.3 is 0 Å². The Balaban J connectivity index is 2.57. The summed E-state index contributed by atoms with van der Waals surface area (Å²) >= 11 is 3.46. The molecule has 0 saturated carbocycles. The van der Waals surface area contributed by atoms with E-state index in [9.17, 15) is 4.79 Å². The third-order valence-electron chi connectivity index (χ3n) is 2.63. The summed E-state index contributed by atoms with van der Waals surface area (Å²) in [6.45, 7) is 4.47. The molecule has 1 heterocycles. The van der Waals surface area contributed by atoms with E-state index in [0.29, 0.717) is 13.0 Å². The van der Waals surface area contributed by atoms with Crippen LogP contribution < -0.4 is 10.1 Å². The molecule has 0 aromatic heterocycles. The number of fused-ring (bicyclic) bond motifs is 1. The van der Waals surface area contributed by atoms with Gasteiger partial charge < -0.3 is 10.1 Å². The smallest absolute Gasteiger partial charge is 0.227 e.